The molecule has 17 heavy (non-hydrogen) atoms. The fraction of sp³-hybridized carbons (Fsp3) is 0.667. The van der Waals surface area contributed by atoms with Crippen molar-refractivity contribution in [3.05, 3.63) is 20.2 Å². The fourth-order valence-electron chi connectivity index (χ4n) is 1.51. The van der Waals surface area contributed by atoms with E-state index < -0.39 is 5.60 Å². The SMILES string of the molecule is CCOC(C)(C)c1nc(Cl)c(I)c(C(C)C)n1. The summed E-state index contributed by atoms with van der Waals surface area (Å²) >= 11 is 8.34. The van der Waals surface area contributed by atoms with E-state index in [0.717, 1.165) is 9.26 Å². The van der Waals surface area contributed by atoms with Crippen molar-refractivity contribution in [2.45, 2.75) is 46.1 Å². The summed E-state index contributed by atoms with van der Waals surface area (Å²) in [6, 6.07) is 0. The van der Waals surface area contributed by atoms with Crippen LogP contribution in [-0.4, -0.2) is 16.6 Å². The van der Waals surface area contributed by atoms with Gasteiger partial charge in [-0.3, -0.25) is 0 Å². The van der Waals surface area contributed by atoms with Gasteiger partial charge in [0.15, 0.2) is 5.82 Å². The molecule has 0 amide bonds. The maximum Gasteiger partial charge on any atom is 0.161 e. The summed E-state index contributed by atoms with van der Waals surface area (Å²) in [7, 11) is 0. The highest BCUT2D eigenvalue weighted by Gasteiger charge is 2.27. The molecular formula is C12H18ClIN2O. The molecule has 5 heteroatoms. The van der Waals surface area contributed by atoms with E-state index in [1.165, 1.54) is 0 Å². The van der Waals surface area contributed by atoms with Gasteiger partial charge in [0.1, 0.15) is 10.8 Å². The Morgan fingerprint density at radius 1 is 1.35 bits per heavy atom. The molecule has 0 saturated carbocycles. The van der Waals surface area contributed by atoms with Gasteiger partial charge < -0.3 is 4.74 Å². The summed E-state index contributed by atoms with van der Waals surface area (Å²) in [6.07, 6.45) is 0. The molecule has 0 spiro atoms. The molecule has 0 bridgehead atoms. The Hall–Kier alpha value is 0.0600. The van der Waals surface area contributed by atoms with Crippen LogP contribution < -0.4 is 0 Å². The molecule has 0 fully saturated rings. The maximum atomic E-state index is 6.16. The van der Waals surface area contributed by atoms with Crippen molar-refractivity contribution in [2.24, 2.45) is 0 Å². The summed E-state index contributed by atoms with van der Waals surface area (Å²) < 4.78 is 6.59. The molecule has 3 nitrogen and oxygen atoms in total. The van der Waals surface area contributed by atoms with Crippen molar-refractivity contribution >= 4 is 34.2 Å². The molecule has 96 valence electrons. The van der Waals surface area contributed by atoms with Gasteiger partial charge in [-0.2, -0.15) is 0 Å². The highest BCUT2D eigenvalue weighted by molar-refractivity contribution is 14.1. The van der Waals surface area contributed by atoms with Crippen molar-refractivity contribution in [3.63, 3.8) is 0 Å². The van der Waals surface area contributed by atoms with E-state index in [1.54, 1.807) is 0 Å². The normalized spacial score (nSPS) is 12.2. The van der Waals surface area contributed by atoms with E-state index >= 15 is 0 Å². The Morgan fingerprint density at radius 2 is 1.94 bits per heavy atom. The third kappa shape index (κ3) is 3.51. The van der Waals surface area contributed by atoms with Crippen LogP contribution in [0.5, 0.6) is 0 Å². The number of hydrogen-bond donors (Lipinski definition) is 0. The lowest BCUT2D eigenvalue weighted by Crippen LogP contribution is -2.26. The lowest BCUT2D eigenvalue weighted by molar-refractivity contribution is -0.0210. The quantitative estimate of drug-likeness (QED) is 0.592. The first kappa shape index (κ1) is 15.1. The van der Waals surface area contributed by atoms with Gasteiger partial charge in [-0.1, -0.05) is 25.4 Å². The van der Waals surface area contributed by atoms with Gasteiger partial charge in [-0.05, 0) is 49.3 Å². The summed E-state index contributed by atoms with van der Waals surface area (Å²) in [5.74, 6) is 0.965. The molecule has 0 aliphatic heterocycles. The molecule has 1 rings (SSSR count). The standard InChI is InChI=1S/C12H18ClIN2O/c1-6-17-12(4,5)11-15-9(7(2)3)8(14)10(13)16-11/h7H,6H2,1-5H3. The van der Waals surface area contributed by atoms with Crippen molar-refractivity contribution in [2.75, 3.05) is 6.61 Å². The molecular weight excluding hydrogens is 351 g/mol. The Bertz CT molecular complexity index is 408. The van der Waals surface area contributed by atoms with Crippen LogP contribution >= 0.6 is 34.2 Å². The number of hydrogen-bond acceptors (Lipinski definition) is 3. The highest BCUT2D eigenvalue weighted by atomic mass is 127. The van der Waals surface area contributed by atoms with Gasteiger partial charge in [0, 0.05) is 6.61 Å². The topological polar surface area (TPSA) is 35.0 Å². The van der Waals surface area contributed by atoms with Crippen LogP contribution in [0.4, 0.5) is 0 Å². The average molecular weight is 369 g/mol. The predicted molar refractivity (Wildman–Crippen MR) is 78.5 cm³/mol. The second-order valence-electron chi connectivity index (χ2n) is 4.64. The van der Waals surface area contributed by atoms with Gasteiger partial charge >= 0.3 is 0 Å². The minimum absolute atomic E-state index is 0.318. The van der Waals surface area contributed by atoms with Gasteiger partial charge in [-0.15, -0.1) is 0 Å². The lowest BCUT2D eigenvalue weighted by atomic mass is 10.1. The van der Waals surface area contributed by atoms with E-state index in [1.807, 2.05) is 20.8 Å². The second kappa shape index (κ2) is 5.80. The van der Waals surface area contributed by atoms with Crippen molar-refractivity contribution in [1.29, 1.82) is 0 Å². The zero-order valence-corrected chi connectivity index (χ0v) is 13.8. The number of aromatic nitrogens is 2. The van der Waals surface area contributed by atoms with Crippen LogP contribution in [0.1, 0.15) is 52.1 Å². The van der Waals surface area contributed by atoms with Crippen LogP contribution in [0.15, 0.2) is 0 Å². The van der Waals surface area contributed by atoms with Crippen LogP contribution in [0.3, 0.4) is 0 Å². The summed E-state index contributed by atoms with van der Waals surface area (Å²) in [6.45, 7) is 10.7. The Labute approximate surface area is 121 Å². The highest BCUT2D eigenvalue weighted by Crippen LogP contribution is 2.29. The summed E-state index contributed by atoms with van der Waals surface area (Å²) in [5.41, 5.74) is 0.472. The zero-order chi connectivity index (χ0) is 13.2. The molecule has 0 radical (unpaired) electrons. The second-order valence-corrected chi connectivity index (χ2v) is 6.07. The van der Waals surface area contributed by atoms with Gasteiger partial charge in [0.25, 0.3) is 0 Å². The summed E-state index contributed by atoms with van der Waals surface area (Å²) in [5, 5.41) is 0.507. The molecule has 1 aromatic rings. The fourth-order valence-corrected chi connectivity index (χ4v) is 2.55. The number of ether oxygens (including phenoxy) is 1. The van der Waals surface area contributed by atoms with Crippen LogP contribution in [-0.2, 0) is 10.3 Å². The van der Waals surface area contributed by atoms with Gasteiger partial charge in [-0.25, -0.2) is 9.97 Å². The predicted octanol–water partition coefficient (Wildman–Crippen LogP) is 4.13. The molecule has 0 saturated heterocycles. The molecule has 0 N–H and O–H groups in total. The van der Waals surface area contributed by atoms with E-state index in [2.05, 4.69) is 46.4 Å². The first-order chi connectivity index (χ1) is 7.79. The number of rotatable bonds is 4. The van der Waals surface area contributed by atoms with Crippen LogP contribution in [0, 0.1) is 3.57 Å². The Balaban J connectivity index is 3.28. The minimum Gasteiger partial charge on any atom is -0.368 e. The third-order valence-electron chi connectivity index (χ3n) is 2.43. The third-order valence-corrected chi connectivity index (χ3v) is 4.08. The molecule has 0 aliphatic carbocycles. The number of halogens is 2. The Morgan fingerprint density at radius 3 is 2.41 bits per heavy atom. The summed E-state index contributed by atoms with van der Waals surface area (Å²) in [4.78, 5) is 8.92. The van der Waals surface area contributed by atoms with E-state index in [0.29, 0.717) is 23.5 Å². The molecule has 0 aliphatic rings. The Kier molecular flexibility index (Phi) is 5.16. The molecule has 0 unspecified atom stereocenters. The van der Waals surface area contributed by atoms with E-state index in [9.17, 15) is 0 Å². The first-order valence-corrected chi connectivity index (χ1v) is 7.12. The van der Waals surface area contributed by atoms with Crippen LogP contribution in [0.2, 0.25) is 5.15 Å². The molecule has 0 aromatic carbocycles. The van der Waals surface area contributed by atoms with Gasteiger partial charge in [0.2, 0.25) is 0 Å². The monoisotopic (exact) mass is 368 g/mol. The molecule has 0 atom stereocenters. The smallest absolute Gasteiger partial charge is 0.161 e. The van der Waals surface area contributed by atoms with E-state index in [4.69, 9.17) is 16.3 Å². The zero-order valence-electron chi connectivity index (χ0n) is 10.8. The van der Waals surface area contributed by atoms with Crippen molar-refractivity contribution < 1.29 is 4.74 Å². The van der Waals surface area contributed by atoms with E-state index in [-0.39, 0.29) is 0 Å². The maximum absolute atomic E-state index is 6.16. The van der Waals surface area contributed by atoms with Crippen molar-refractivity contribution in [1.82, 2.24) is 9.97 Å². The van der Waals surface area contributed by atoms with Crippen molar-refractivity contribution in [3.8, 4) is 0 Å². The number of nitrogens with zero attached hydrogens (tertiary/aromatic N) is 2. The minimum atomic E-state index is -0.508. The average Bonchev–Trinajstić information content (AvgIpc) is 2.21. The molecule has 1 aromatic heterocycles. The van der Waals surface area contributed by atoms with Gasteiger partial charge in [0.05, 0.1) is 9.26 Å². The largest absolute Gasteiger partial charge is 0.368 e. The first-order valence-electron chi connectivity index (χ1n) is 5.67. The van der Waals surface area contributed by atoms with Crippen LogP contribution in [0.25, 0.3) is 0 Å². The lowest BCUT2D eigenvalue weighted by Gasteiger charge is -2.24. The molecule has 1 heterocycles.